The molecule has 27 heavy (non-hydrogen) atoms. The van der Waals surface area contributed by atoms with Crippen molar-refractivity contribution in [3.05, 3.63) is 42.1 Å². The van der Waals surface area contributed by atoms with Crippen molar-refractivity contribution in [3.8, 4) is 5.75 Å². The fourth-order valence-electron chi connectivity index (χ4n) is 2.32. The topological polar surface area (TPSA) is 119 Å². The molecule has 2 atom stereocenters. The Kier molecular flexibility index (Phi) is 7.25. The molecule has 0 saturated carbocycles. The van der Waals surface area contributed by atoms with Crippen molar-refractivity contribution >= 4 is 23.3 Å². The summed E-state index contributed by atoms with van der Waals surface area (Å²) in [6.45, 7) is 5.64. The zero-order chi connectivity index (χ0) is 19.8. The Morgan fingerprint density at radius 2 is 2.04 bits per heavy atom. The molecule has 0 aliphatic rings. The molecule has 0 fully saturated rings. The molecule has 1 aromatic heterocycles. The first-order chi connectivity index (χ1) is 12.9. The number of amides is 1. The predicted molar refractivity (Wildman–Crippen MR) is 105 cm³/mol. The maximum absolute atomic E-state index is 11.6. The van der Waals surface area contributed by atoms with Crippen LogP contribution < -0.4 is 21.1 Å². The normalized spacial score (nSPS) is 12.7. The lowest BCUT2D eigenvalue weighted by Crippen LogP contribution is -2.35. The molecule has 1 heterocycles. The highest BCUT2D eigenvalue weighted by atomic mass is 16.5. The zero-order valence-electron chi connectivity index (χ0n) is 15.7. The zero-order valence-corrected chi connectivity index (χ0v) is 15.7. The number of aliphatic hydroxyl groups excluding tert-OH is 1. The Labute approximate surface area is 158 Å². The summed E-state index contributed by atoms with van der Waals surface area (Å²) in [6, 6.07) is 10.5. The second-order valence-corrected chi connectivity index (χ2v) is 6.02. The molecule has 2 aromatic rings. The summed E-state index contributed by atoms with van der Waals surface area (Å²) in [7, 11) is 0. The van der Waals surface area contributed by atoms with E-state index in [-0.39, 0.29) is 19.3 Å². The molecule has 0 saturated heterocycles. The molecule has 8 heteroatoms. The number of para-hydroxylation sites is 1. The van der Waals surface area contributed by atoms with Crippen LogP contribution in [0.4, 0.5) is 22.0 Å². The van der Waals surface area contributed by atoms with Gasteiger partial charge in [-0.2, -0.15) is 0 Å². The van der Waals surface area contributed by atoms with Gasteiger partial charge in [0.05, 0.1) is 29.7 Å². The van der Waals surface area contributed by atoms with Crippen LogP contribution in [0.15, 0.2) is 36.4 Å². The molecule has 0 aliphatic carbocycles. The van der Waals surface area contributed by atoms with E-state index in [2.05, 4.69) is 15.6 Å². The van der Waals surface area contributed by atoms with E-state index < -0.39 is 12.2 Å². The Bertz CT molecular complexity index is 755. The first kappa shape index (κ1) is 20.3. The molecule has 1 amide bonds. The third-order valence-electron chi connectivity index (χ3n) is 3.88. The molecule has 0 radical (unpaired) electrons. The van der Waals surface area contributed by atoms with Crippen molar-refractivity contribution in [3.63, 3.8) is 0 Å². The van der Waals surface area contributed by atoms with Gasteiger partial charge < -0.3 is 25.6 Å². The highest BCUT2D eigenvalue weighted by Gasteiger charge is 2.18. The van der Waals surface area contributed by atoms with Crippen LogP contribution in [0.2, 0.25) is 0 Å². The largest absolute Gasteiger partial charge is 0.491 e. The van der Waals surface area contributed by atoms with Crippen molar-refractivity contribution in [2.75, 3.05) is 29.6 Å². The van der Waals surface area contributed by atoms with Crippen LogP contribution in [0.25, 0.3) is 0 Å². The van der Waals surface area contributed by atoms with Crippen molar-refractivity contribution in [2.24, 2.45) is 0 Å². The van der Waals surface area contributed by atoms with Crippen LogP contribution >= 0.6 is 0 Å². The van der Waals surface area contributed by atoms with Crippen LogP contribution in [0.1, 0.15) is 19.5 Å². The van der Waals surface area contributed by atoms with Gasteiger partial charge in [-0.25, -0.2) is 9.78 Å². The molecule has 5 N–H and O–H groups in total. The molecule has 146 valence electrons. The smallest absolute Gasteiger partial charge is 0.412 e. The predicted octanol–water partition coefficient (Wildman–Crippen LogP) is 2.78. The summed E-state index contributed by atoms with van der Waals surface area (Å²) in [4.78, 5) is 15.8. The average molecular weight is 374 g/mol. The third kappa shape index (κ3) is 6.03. The number of carbonyl (C=O) groups is 1. The second kappa shape index (κ2) is 9.63. The number of nitrogens with zero attached hydrogens (tertiary/aromatic N) is 1. The summed E-state index contributed by atoms with van der Waals surface area (Å²) >= 11 is 0. The van der Waals surface area contributed by atoms with E-state index >= 15 is 0 Å². The number of hydrogen-bond donors (Lipinski definition) is 4. The lowest BCUT2D eigenvalue weighted by molar-refractivity contribution is 0.0953. The molecule has 1 aromatic carbocycles. The molecule has 0 aliphatic heterocycles. The van der Waals surface area contributed by atoms with Crippen LogP contribution in [0, 0.1) is 6.92 Å². The number of anilines is 3. The number of carbonyl (C=O) groups excluding carboxylic acids is 1. The molecular formula is C19H26N4O4. The van der Waals surface area contributed by atoms with Crippen molar-refractivity contribution in [2.45, 2.75) is 32.9 Å². The first-order valence-electron chi connectivity index (χ1n) is 8.74. The van der Waals surface area contributed by atoms with Gasteiger partial charge in [-0.05, 0) is 32.9 Å². The lowest BCUT2D eigenvalue weighted by atomic mass is 10.1. The van der Waals surface area contributed by atoms with Crippen LogP contribution in [-0.4, -0.2) is 41.5 Å². The highest BCUT2D eigenvalue weighted by molar-refractivity contribution is 5.85. The van der Waals surface area contributed by atoms with Gasteiger partial charge in [0, 0.05) is 6.07 Å². The first-order valence-corrected chi connectivity index (χ1v) is 8.74. The van der Waals surface area contributed by atoms with Crippen molar-refractivity contribution in [1.82, 2.24) is 4.98 Å². The van der Waals surface area contributed by atoms with Gasteiger partial charge in [0.1, 0.15) is 24.3 Å². The van der Waals surface area contributed by atoms with Crippen LogP contribution in [-0.2, 0) is 4.74 Å². The van der Waals surface area contributed by atoms with Gasteiger partial charge in [-0.3, -0.25) is 5.32 Å². The van der Waals surface area contributed by atoms with E-state index in [0.29, 0.717) is 28.6 Å². The number of hydrogen-bond acceptors (Lipinski definition) is 7. The molecule has 0 spiro atoms. The van der Waals surface area contributed by atoms with E-state index in [1.165, 1.54) is 0 Å². The minimum absolute atomic E-state index is 0.121. The third-order valence-corrected chi connectivity index (χ3v) is 3.88. The fourth-order valence-corrected chi connectivity index (χ4v) is 2.32. The average Bonchev–Trinajstić information content (AvgIpc) is 2.64. The number of aromatic nitrogens is 1. The van der Waals surface area contributed by atoms with Crippen molar-refractivity contribution in [1.29, 1.82) is 0 Å². The monoisotopic (exact) mass is 374 g/mol. The standard InChI is InChI=1S/C19H26N4O4/c1-4-26-19(25)23-17-10-15(18(20)13(3)22-17)21-12(2)16(24)11-27-14-8-6-5-7-9-14/h5-10,12,16,24H,4,11,20H2,1-3H3,(H2,21,22,23,25). The fraction of sp³-hybridized carbons (Fsp3) is 0.368. The number of ether oxygens (including phenoxy) is 2. The number of benzene rings is 1. The number of nitrogen functional groups attached to an aromatic ring is 1. The molecule has 2 unspecified atom stereocenters. The van der Waals surface area contributed by atoms with E-state index in [4.69, 9.17) is 15.2 Å². The van der Waals surface area contributed by atoms with Crippen LogP contribution in [0.3, 0.4) is 0 Å². The maximum atomic E-state index is 11.6. The minimum Gasteiger partial charge on any atom is -0.491 e. The van der Waals surface area contributed by atoms with Gasteiger partial charge in [-0.15, -0.1) is 0 Å². The van der Waals surface area contributed by atoms with E-state index in [1.807, 2.05) is 37.3 Å². The number of pyridine rings is 1. The summed E-state index contributed by atoms with van der Waals surface area (Å²) in [5.74, 6) is 0.994. The SMILES string of the molecule is CCOC(=O)Nc1cc(NC(C)C(O)COc2ccccc2)c(N)c(C)n1. The van der Waals surface area contributed by atoms with Gasteiger partial charge in [0.2, 0.25) is 0 Å². The van der Waals surface area contributed by atoms with E-state index in [1.54, 1.807) is 19.9 Å². The van der Waals surface area contributed by atoms with E-state index in [9.17, 15) is 9.90 Å². The number of nitrogens with two attached hydrogens (primary N) is 1. The van der Waals surface area contributed by atoms with Gasteiger partial charge in [-0.1, -0.05) is 18.2 Å². The lowest BCUT2D eigenvalue weighted by Gasteiger charge is -2.23. The minimum atomic E-state index is -0.778. The van der Waals surface area contributed by atoms with Gasteiger partial charge in [0.25, 0.3) is 0 Å². The Morgan fingerprint density at radius 3 is 2.70 bits per heavy atom. The maximum Gasteiger partial charge on any atom is 0.412 e. The number of nitrogens with one attached hydrogen (secondary N) is 2. The highest BCUT2D eigenvalue weighted by Crippen LogP contribution is 2.26. The second-order valence-electron chi connectivity index (χ2n) is 6.02. The number of aliphatic hydroxyl groups is 1. The number of aryl methyl sites for hydroxylation is 1. The summed E-state index contributed by atoms with van der Waals surface area (Å²) in [5.41, 5.74) is 7.62. The summed E-state index contributed by atoms with van der Waals surface area (Å²) in [6.07, 6.45) is -1.37. The molecule has 0 bridgehead atoms. The Balaban J connectivity index is 2.01. The quantitative estimate of drug-likeness (QED) is 0.561. The molecular weight excluding hydrogens is 348 g/mol. The Hall–Kier alpha value is -3.00. The molecule has 8 nitrogen and oxygen atoms in total. The molecule has 2 rings (SSSR count). The van der Waals surface area contributed by atoms with Crippen molar-refractivity contribution < 1.29 is 19.4 Å². The van der Waals surface area contributed by atoms with Crippen LogP contribution in [0.5, 0.6) is 5.75 Å². The Morgan fingerprint density at radius 1 is 1.33 bits per heavy atom. The van der Waals surface area contributed by atoms with E-state index in [0.717, 1.165) is 0 Å². The summed E-state index contributed by atoms with van der Waals surface area (Å²) in [5, 5.41) is 16.0. The van der Waals surface area contributed by atoms with Gasteiger partial charge >= 0.3 is 6.09 Å². The van der Waals surface area contributed by atoms with Gasteiger partial charge in [0.15, 0.2) is 0 Å². The summed E-state index contributed by atoms with van der Waals surface area (Å²) < 4.78 is 10.4. The number of rotatable bonds is 8.